The SMILES string of the molecule is CC.CC.CC.COCN1Cc2ccccc2C(CCN2CCC(O)(c3ccccc3)CC2)(c2ccccc2)C1=O.NCS. The maximum absolute atomic E-state index is 14.1. The summed E-state index contributed by atoms with van der Waals surface area (Å²) in [4.78, 5) is 18.4. The third kappa shape index (κ3) is 9.66. The van der Waals surface area contributed by atoms with E-state index in [0.717, 1.165) is 36.3 Å². The number of hydrogen-bond donors (Lipinski definition) is 3. The van der Waals surface area contributed by atoms with Crippen molar-refractivity contribution in [2.45, 2.75) is 78.4 Å². The Morgan fingerprint density at radius 1 is 0.818 bits per heavy atom. The first-order chi connectivity index (χ1) is 21.5. The summed E-state index contributed by atoms with van der Waals surface area (Å²) < 4.78 is 5.42. The van der Waals surface area contributed by atoms with Gasteiger partial charge in [-0.25, -0.2) is 0 Å². The summed E-state index contributed by atoms with van der Waals surface area (Å²) >= 11 is 3.57. The smallest absolute Gasteiger partial charge is 0.239 e. The van der Waals surface area contributed by atoms with E-state index in [1.807, 2.05) is 107 Å². The van der Waals surface area contributed by atoms with Gasteiger partial charge in [0.25, 0.3) is 0 Å². The zero-order valence-corrected chi connectivity index (χ0v) is 29.0. The van der Waals surface area contributed by atoms with Gasteiger partial charge in [0, 0.05) is 32.6 Å². The highest BCUT2D eigenvalue weighted by Gasteiger charge is 2.48. The van der Waals surface area contributed by atoms with E-state index < -0.39 is 11.0 Å². The fourth-order valence-corrected chi connectivity index (χ4v) is 5.89. The van der Waals surface area contributed by atoms with Crippen LogP contribution in [0, 0.1) is 0 Å². The average Bonchev–Trinajstić information content (AvgIpc) is 3.10. The quantitative estimate of drug-likeness (QED) is 0.192. The molecule has 1 atom stereocenters. The molecule has 3 N–H and O–H groups in total. The Bertz CT molecular complexity index is 1170. The number of carbonyl (C=O) groups excluding carboxylic acids is 1. The van der Waals surface area contributed by atoms with Crippen molar-refractivity contribution in [3.8, 4) is 0 Å². The number of fused-ring (bicyclic) bond motifs is 1. The van der Waals surface area contributed by atoms with Gasteiger partial charge in [-0.1, -0.05) is 126 Å². The Kier molecular flexibility index (Phi) is 18.9. The number of rotatable bonds is 7. The number of nitrogens with two attached hydrogens (primary N) is 1. The Morgan fingerprint density at radius 2 is 1.30 bits per heavy atom. The minimum absolute atomic E-state index is 0.0991. The molecule has 0 radical (unpaired) electrons. The van der Waals surface area contributed by atoms with E-state index in [1.165, 1.54) is 5.56 Å². The lowest BCUT2D eigenvalue weighted by molar-refractivity contribution is -0.143. The van der Waals surface area contributed by atoms with Gasteiger partial charge >= 0.3 is 0 Å². The molecule has 1 unspecified atom stereocenters. The lowest BCUT2D eigenvalue weighted by Crippen LogP contribution is -2.54. The van der Waals surface area contributed by atoms with Crippen LogP contribution in [0.1, 0.15) is 83.1 Å². The van der Waals surface area contributed by atoms with Gasteiger partial charge in [0.2, 0.25) is 5.91 Å². The Labute approximate surface area is 273 Å². The summed E-state index contributed by atoms with van der Waals surface area (Å²) in [7, 11) is 1.64. The van der Waals surface area contributed by atoms with Crippen molar-refractivity contribution in [3.63, 3.8) is 0 Å². The third-order valence-corrected chi connectivity index (χ3v) is 7.84. The number of piperidine rings is 1. The van der Waals surface area contributed by atoms with Crippen LogP contribution < -0.4 is 5.73 Å². The molecule has 0 spiro atoms. The molecular weight excluding hydrogens is 566 g/mol. The molecule has 2 aliphatic heterocycles. The van der Waals surface area contributed by atoms with Gasteiger partial charge in [-0.3, -0.25) is 4.79 Å². The molecule has 2 aliphatic rings. The van der Waals surface area contributed by atoms with Crippen molar-refractivity contribution in [1.82, 2.24) is 9.80 Å². The van der Waals surface area contributed by atoms with Crippen LogP contribution in [0.5, 0.6) is 0 Å². The maximum atomic E-state index is 14.1. The molecule has 0 saturated carbocycles. The van der Waals surface area contributed by atoms with Gasteiger partial charge < -0.3 is 25.4 Å². The van der Waals surface area contributed by atoms with Crippen molar-refractivity contribution < 1.29 is 14.6 Å². The fraction of sp³-hybridized carbons (Fsp3) is 0.486. The first-order valence-electron chi connectivity index (χ1n) is 16.2. The highest BCUT2D eigenvalue weighted by Crippen LogP contribution is 2.43. The first-order valence-corrected chi connectivity index (χ1v) is 16.8. The zero-order chi connectivity index (χ0) is 33.0. The monoisotopic (exact) mass is 623 g/mol. The van der Waals surface area contributed by atoms with E-state index in [9.17, 15) is 9.90 Å². The molecule has 5 rings (SSSR count). The van der Waals surface area contributed by atoms with Crippen LogP contribution in [0.4, 0.5) is 0 Å². The molecule has 3 aromatic rings. The Balaban J connectivity index is 0.000000980. The molecule has 6 nitrogen and oxygen atoms in total. The largest absolute Gasteiger partial charge is 0.385 e. The van der Waals surface area contributed by atoms with E-state index in [2.05, 4.69) is 41.8 Å². The molecule has 3 aromatic carbocycles. The number of methoxy groups -OCH3 is 1. The van der Waals surface area contributed by atoms with Gasteiger partial charge in [-0.2, -0.15) is 12.6 Å². The fourth-order valence-electron chi connectivity index (χ4n) is 5.89. The lowest BCUT2D eigenvalue weighted by Gasteiger charge is -2.45. The lowest BCUT2D eigenvalue weighted by atomic mass is 9.67. The summed E-state index contributed by atoms with van der Waals surface area (Å²) in [6, 6.07) is 28.5. The maximum Gasteiger partial charge on any atom is 0.239 e. The molecule has 244 valence electrons. The number of nitrogens with zero attached hydrogens (tertiary/aromatic N) is 2. The van der Waals surface area contributed by atoms with Crippen molar-refractivity contribution in [2.75, 3.05) is 39.4 Å². The van der Waals surface area contributed by atoms with E-state index >= 15 is 0 Å². The highest BCUT2D eigenvalue weighted by molar-refractivity contribution is 7.80. The number of carbonyl (C=O) groups is 1. The van der Waals surface area contributed by atoms with Crippen LogP contribution in [-0.4, -0.2) is 60.2 Å². The number of benzene rings is 3. The molecule has 1 fully saturated rings. The normalized spacial score (nSPS) is 18.4. The molecule has 44 heavy (non-hydrogen) atoms. The van der Waals surface area contributed by atoms with Gasteiger partial charge in [0.15, 0.2) is 0 Å². The second-order valence-corrected chi connectivity index (χ2v) is 10.4. The highest BCUT2D eigenvalue weighted by atomic mass is 32.1. The molecule has 0 aliphatic carbocycles. The molecular formula is C37H57N3O3S. The average molecular weight is 624 g/mol. The van der Waals surface area contributed by atoms with E-state index in [0.29, 0.717) is 31.7 Å². The summed E-state index contributed by atoms with van der Waals surface area (Å²) in [6.45, 7) is 15.2. The number of hydrogen-bond acceptors (Lipinski definition) is 6. The predicted molar refractivity (Wildman–Crippen MR) is 189 cm³/mol. The molecule has 1 saturated heterocycles. The number of thiol groups is 1. The van der Waals surface area contributed by atoms with Crippen LogP contribution in [0.15, 0.2) is 84.9 Å². The Hall–Kier alpha value is -2.68. The van der Waals surface area contributed by atoms with E-state index in [4.69, 9.17) is 10.5 Å². The topological polar surface area (TPSA) is 79.0 Å². The summed E-state index contributed by atoms with van der Waals surface area (Å²) in [5, 5.41) is 11.3. The van der Waals surface area contributed by atoms with Gasteiger partial charge in [0.1, 0.15) is 12.1 Å². The van der Waals surface area contributed by atoms with E-state index in [1.54, 1.807) is 7.11 Å². The van der Waals surface area contributed by atoms with E-state index in [-0.39, 0.29) is 12.6 Å². The number of aliphatic hydroxyl groups is 1. The number of likely N-dealkylation sites (tertiary alicyclic amines) is 1. The molecule has 1 amide bonds. The van der Waals surface area contributed by atoms with Gasteiger partial charge in [-0.05, 0) is 48.1 Å². The predicted octanol–water partition coefficient (Wildman–Crippen LogP) is 7.20. The third-order valence-electron chi connectivity index (χ3n) is 7.84. The van der Waals surface area contributed by atoms with Crippen LogP contribution in [0.3, 0.4) is 0 Å². The number of amides is 1. The van der Waals surface area contributed by atoms with Crippen LogP contribution in [0.2, 0.25) is 0 Å². The van der Waals surface area contributed by atoms with Crippen LogP contribution in [0.25, 0.3) is 0 Å². The standard InChI is InChI=1S/C30H34N2O3.3C2H6.CH5NS/c1-35-23-32-22-24-10-8-9-15-27(24)30(28(32)33,26-13-6-3-7-14-26)18-21-31-19-16-29(34,17-20-31)25-11-4-2-5-12-25;3*1-2;2-1-3/h2-15,34H,16-23H2,1H3;3*1-2H3;3H,1-2H2. The molecule has 2 heterocycles. The second kappa shape index (κ2) is 21.1. The second-order valence-electron chi connectivity index (χ2n) is 10.0. The summed E-state index contributed by atoms with van der Waals surface area (Å²) in [5.41, 5.74) is 7.46. The zero-order valence-electron chi connectivity index (χ0n) is 28.1. The summed E-state index contributed by atoms with van der Waals surface area (Å²) in [6.07, 6.45) is 2.06. The van der Waals surface area contributed by atoms with Crippen molar-refractivity contribution >= 4 is 18.5 Å². The summed E-state index contributed by atoms with van der Waals surface area (Å²) in [5.74, 6) is 0.544. The first kappa shape index (κ1) is 39.3. The molecule has 7 heteroatoms. The van der Waals surface area contributed by atoms with Gasteiger partial charge in [0.05, 0.1) is 5.60 Å². The van der Waals surface area contributed by atoms with Gasteiger partial charge in [-0.15, -0.1) is 0 Å². The minimum Gasteiger partial charge on any atom is -0.385 e. The number of ether oxygens (including phenoxy) is 1. The van der Waals surface area contributed by atoms with Crippen molar-refractivity contribution in [1.29, 1.82) is 0 Å². The molecule has 0 aromatic heterocycles. The molecule has 0 bridgehead atoms. The van der Waals surface area contributed by atoms with Crippen LogP contribution in [-0.2, 0) is 27.1 Å². The minimum atomic E-state index is -0.780. The van der Waals surface area contributed by atoms with Crippen LogP contribution >= 0.6 is 12.6 Å². The van der Waals surface area contributed by atoms with Crippen molar-refractivity contribution in [3.05, 3.63) is 107 Å². The Morgan fingerprint density at radius 3 is 1.82 bits per heavy atom. The van der Waals surface area contributed by atoms with Crippen molar-refractivity contribution in [2.24, 2.45) is 5.73 Å².